The molecule has 2 aromatic rings. The third kappa shape index (κ3) is 3.43. The maximum absolute atomic E-state index is 6.99. The van der Waals surface area contributed by atoms with Gasteiger partial charge in [0.2, 0.25) is 0 Å². The number of benzene rings is 2. The first-order chi connectivity index (χ1) is 12.2. The van der Waals surface area contributed by atoms with Gasteiger partial charge in [-0.2, -0.15) is 0 Å². The van der Waals surface area contributed by atoms with E-state index in [1.54, 1.807) is 0 Å². The van der Waals surface area contributed by atoms with E-state index in [9.17, 15) is 0 Å². The number of halogens is 2. The molecule has 4 heteroatoms. The molecule has 1 aliphatic rings. The van der Waals surface area contributed by atoms with Gasteiger partial charge in [-0.3, -0.25) is 0 Å². The minimum atomic E-state index is -3.78. The van der Waals surface area contributed by atoms with Crippen molar-refractivity contribution in [2.75, 3.05) is 0 Å². The zero-order chi connectivity index (χ0) is 19.1. The quantitative estimate of drug-likeness (QED) is 0.457. The summed E-state index contributed by atoms with van der Waals surface area (Å²) in [6.07, 6.45) is 0. The zero-order valence-corrected chi connectivity index (χ0v) is 18.9. The summed E-state index contributed by atoms with van der Waals surface area (Å²) in [6.45, 7) is 10.8. The van der Waals surface area contributed by atoms with Gasteiger partial charge in [-0.15, -0.1) is 0 Å². The van der Waals surface area contributed by atoms with Crippen LogP contribution in [0.2, 0.25) is 0 Å². The van der Waals surface area contributed by atoms with Gasteiger partial charge in [0, 0.05) is 0 Å². The molecular formula is C22H24Cl2OTi. The molecule has 0 radical (unpaired) electrons. The predicted molar refractivity (Wildman–Crippen MR) is 109 cm³/mol. The van der Waals surface area contributed by atoms with E-state index in [0.717, 1.165) is 20.8 Å². The molecule has 1 aliphatic carbocycles. The van der Waals surface area contributed by atoms with E-state index < -0.39 is 14.9 Å². The van der Waals surface area contributed by atoms with E-state index in [1.807, 2.05) is 42.5 Å². The van der Waals surface area contributed by atoms with Crippen LogP contribution in [0.15, 0.2) is 75.2 Å². The van der Waals surface area contributed by atoms with Gasteiger partial charge in [0.25, 0.3) is 0 Å². The topological polar surface area (TPSA) is 9.23 Å². The van der Waals surface area contributed by atoms with Gasteiger partial charge in [0.15, 0.2) is 0 Å². The molecule has 1 nitrogen and oxygen atoms in total. The average Bonchev–Trinajstić information content (AvgIpc) is 2.75. The normalized spacial score (nSPS) is 17.0. The number of allylic oxidation sites excluding steroid dienone is 4. The Bertz CT molecular complexity index is 895. The van der Waals surface area contributed by atoms with Crippen molar-refractivity contribution in [3.63, 3.8) is 0 Å². The second-order valence-electron chi connectivity index (χ2n) is 7.36. The average molecular weight is 423 g/mol. The summed E-state index contributed by atoms with van der Waals surface area (Å²) in [5, 5.41) is 0. The second-order valence-corrected chi connectivity index (χ2v) is 15.3. The van der Waals surface area contributed by atoms with Crippen LogP contribution < -0.4 is 3.32 Å². The Labute approximate surface area is 168 Å². The fourth-order valence-corrected chi connectivity index (χ4v) is 10.9. The van der Waals surface area contributed by atoms with E-state index >= 15 is 0 Å². The monoisotopic (exact) mass is 422 g/mol. The molecule has 0 spiro atoms. The summed E-state index contributed by atoms with van der Waals surface area (Å²) in [5.74, 6) is 0.752. The van der Waals surface area contributed by atoms with Crippen molar-refractivity contribution in [2.45, 2.75) is 34.6 Å². The van der Waals surface area contributed by atoms with E-state index in [4.69, 9.17) is 21.9 Å². The molecule has 0 saturated carbocycles. The van der Waals surface area contributed by atoms with Crippen molar-refractivity contribution in [3.05, 3.63) is 75.2 Å². The molecule has 0 atom stereocenters. The summed E-state index contributed by atoms with van der Waals surface area (Å²) in [4.78, 5) is 0. The third-order valence-electron chi connectivity index (χ3n) is 5.56. The number of hydrogen-bond acceptors (Lipinski definition) is 1. The van der Waals surface area contributed by atoms with E-state index in [1.165, 1.54) is 16.7 Å². The Morgan fingerprint density at radius 1 is 0.808 bits per heavy atom. The summed E-state index contributed by atoms with van der Waals surface area (Å²) in [5.41, 5.74) is 5.73. The van der Waals surface area contributed by atoms with Crippen molar-refractivity contribution in [1.29, 1.82) is 0 Å². The van der Waals surface area contributed by atoms with Gasteiger partial charge in [-0.05, 0) is 0 Å². The van der Waals surface area contributed by atoms with Crippen molar-refractivity contribution in [2.24, 2.45) is 5.41 Å². The Morgan fingerprint density at radius 3 is 1.96 bits per heavy atom. The van der Waals surface area contributed by atoms with Crippen molar-refractivity contribution >= 4 is 18.6 Å². The van der Waals surface area contributed by atoms with Crippen LogP contribution in [0.1, 0.15) is 34.6 Å². The van der Waals surface area contributed by atoms with Crippen LogP contribution in [-0.2, 0) is 14.9 Å². The Morgan fingerprint density at radius 2 is 1.38 bits per heavy atom. The fourth-order valence-electron chi connectivity index (χ4n) is 3.78. The van der Waals surface area contributed by atoms with E-state index in [0.29, 0.717) is 0 Å². The number of hydrogen-bond donors (Lipinski definition) is 0. The van der Waals surface area contributed by atoms with E-state index in [2.05, 4.69) is 46.8 Å². The molecule has 0 bridgehead atoms. The molecular weight excluding hydrogens is 399 g/mol. The fraction of sp³-hybridized carbons (Fsp3) is 0.273. The Kier molecular flexibility index (Phi) is 5.48. The van der Waals surface area contributed by atoms with Crippen molar-refractivity contribution in [1.82, 2.24) is 0 Å². The zero-order valence-electron chi connectivity index (χ0n) is 15.9. The standard InChI is InChI=1S/C12H10O.C10H15.2ClH.Ti/c13-12-9-5-4-8-11(12)10-6-2-1-3-7-10;1-7-6-10(4,5)9(3)8(7)2;;;/h1-9,13H;1-5H3;2*1H;/q;;;;+3/p-3. The molecule has 0 amide bonds. The molecule has 0 N–H and O–H groups in total. The van der Waals surface area contributed by atoms with Crippen LogP contribution in [0.4, 0.5) is 0 Å². The molecule has 26 heavy (non-hydrogen) atoms. The molecule has 0 fully saturated rings. The molecule has 0 aromatic heterocycles. The summed E-state index contributed by atoms with van der Waals surface area (Å²) in [7, 11) is 14.0. The van der Waals surface area contributed by atoms with Gasteiger partial charge in [0.05, 0.1) is 0 Å². The van der Waals surface area contributed by atoms with Gasteiger partial charge < -0.3 is 0 Å². The first-order valence-corrected chi connectivity index (χ1v) is 14.5. The van der Waals surface area contributed by atoms with Crippen molar-refractivity contribution in [3.8, 4) is 16.9 Å². The Balaban J connectivity index is 2.03. The molecule has 0 aliphatic heterocycles. The SMILES string of the molecule is CC1=C(C)C(C)(C)[C]([Ti]([Cl])([Cl])[O]c2ccccc2-c2ccccc2)=C1C. The number of rotatable bonds is 4. The summed E-state index contributed by atoms with van der Waals surface area (Å²) >= 11 is -3.78. The summed E-state index contributed by atoms with van der Waals surface area (Å²) < 4.78 is 7.50. The molecule has 136 valence electrons. The first kappa shape index (κ1) is 19.8. The minimum absolute atomic E-state index is 0.167. The van der Waals surface area contributed by atoms with Crippen molar-refractivity contribution < 1.29 is 18.2 Å². The van der Waals surface area contributed by atoms with Crippen LogP contribution in [0.5, 0.6) is 5.75 Å². The summed E-state index contributed by atoms with van der Waals surface area (Å²) in [6, 6.07) is 18.2. The third-order valence-corrected chi connectivity index (χ3v) is 11.0. The van der Waals surface area contributed by atoms with Crippen LogP contribution in [0.3, 0.4) is 0 Å². The first-order valence-electron chi connectivity index (χ1n) is 8.77. The van der Waals surface area contributed by atoms with Gasteiger partial charge in [-0.1, -0.05) is 0 Å². The van der Waals surface area contributed by atoms with E-state index in [-0.39, 0.29) is 5.41 Å². The van der Waals surface area contributed by atoms with Crippen LogP contribution in [0, 0.1) is 5.41 Å². The van der Waals surface area contributed by atoms with Gasteiger partial charge in [0.1, 0.15) is 0 Å². The molecule has 0 saturated heterocycles. The maximum atomic E-state index is 6.99. The number of para-hydroxylation sites is 1. The van der Waals surface area contributed by atoms with Crippen LogP contribution in [-0.4, -0.2) is 0 Å². The molecule has 0 unspecified atom stereocenters. The Hall–Kier alpha value is -0.986. The predicted octanol–water partition coefficient (Wildman–Crippen LogP) is 7.76. The van der Waals surface area contributed by atoms with Crippen LogP contribution >= 0.6 is 18.6 Å². The van der Waals surface area contributed by atoms with Crippen LogP contribution in [0.25, 0.3) is 11.1 Å². The molecule has 2 aromatic carbocycles. The second kappa shape index (κ2) is 7.21. The molecule has 3 rings (SSSR count). The van der Waals surface area contributed by atoms with Gasteiger partial charge in [-0.25, -0.2) is 0 Å². The molecule has 0 heterocycles. The van der Waals surface area contributed by atoms with Gasteiger partial charge >= 0.3 is 169 Å².